The van der Waals surface area contributed by atoms with Gasteiger partial charge in [-0.3, -0.25) is 9.59 Å². The number of rotatable bonds is 5. The molecule has 1 unspecified atom stereocenters. The van der Waals surface area contributed by atoms with Gasteiger partial charge in [0, 0.05) is 22.2 Å². The van der Waals surface area contributed by atoms with E-state index < -0.39 is 17.7 Å². The molecule has 7 heteroatoms. The Morgan fingerprint density at radius 3 is 2.31 bits per heavy atom. The van der Waals surface area contributed by atoms with E-state index in [9.17, 15) is 19.8 Å². The lowest BCUT2D eigenvalue weighted by Crippen LogP contribution is -2.31. The largest absolute Gasteiger partial charge is 0.508 e. The first kappa shape index (κ1) is 21.9. The summed E-state index contributed by atoms with van der Waals surface area (Å²) in [6, 6.07) is 19.1. The van der Waals surface area contributed by atoms with Gasteiger partial charge in [0.2, 0.25) is 0 Å². The van der Waals surface area contributed by atoms with Crippen LogP contribution in [-0.4, -0.2) is 33.3 Å². The molecule has 0 aliphatic carbocycles. The average molecular weight is 468 g/mol. The maximum absolute atomic E-state index is 13.0. The summed E-state index contributed by atoms with van der Waals surface area (Å²) in [5, 5.41) is 22.0. The van der Waals surface area contributed by atoms with Crippen LogP contribution >= 0.6 is 23.2 Å². The van der Waals surface area contributed by atoms with Crippen molar-refractivity contribution in [3.63, 3.8) is 0 Å². The van der Waals surface area contributed by atoms with Crippen molar-refractivity contribution in [1.82, 2.24) is 4.90 Å². The van der Waals surface area contributed by atoms with Gasteiger partial charge >= 0.3 is 0 Å². The summed E-state index contributed by atoms with van der Waals surface area (Å²) in [5.74, 6) is -1.82. The van der Waals surface area contributed by atoms with Gasteiger partial charge in [-0.15, -0.1) is 0 Å². The third-order valence-corrected chi connectivity index (χ3v) is 5.87. The van der Waals surface area contributed by atoms with Gasteiger partial charge in [0.25, 0.3) is 11.7 Å². The Kier molecular flexibility index (Phi) is 6.21. The first-order valence-electron chi connectivity index (χ1n) is 9.93. The third-order valence-electron chi connectivity index (χ3n) is 5.38. The molecule has 162 valence electrons. The van der Waals surface area contributed by atoms with Gasteiger partial charge in [0.15, 0.2) is 0 Å². The molecule has 1 fully saturated rings. The number of hydrogen-bond acceptors (Lipinski definition) is 4. The predicted octanol–water partition coefficient (Wildman–Crippen LogP) is 5.36. The standard InChI is InChI=1S/C25H19Cl2NO4/c26-18-9-7-15(8-10-18)11-12-28-22(16-3-2-6-20(29)14-16)21(24(31)25(28)32)23(30)17-4-1-5-19(27)13-17/h1-10,13-14,22,29-30H,11-12H2/b23-21-. The first-order chi connectivity index (χ1) is 15.3. The van der Waals surface area contributed by atoms with E-state index >= 15 is 0 Å². The summed E-state index contributed by atoms with van der Waals surface area (Å²) in [4.78, 5) is 27.4. The number of nitrogens with zero attached hydrogens (tertiary/aromatic N) is 1. The number of hydrogen-bond donors (Lipinski definition) is 2. The van der Waals surface area contributed by atoms with Gasteiger partial charge in [-0.25, -0.2) is 0 Å². The molecule has 4 rings (SSSR count). The predicted molar refractivity (Wildman–Crippen MR) is 124 cm³/mol. The zero-order chi connectivity index (χ0) is 22.8. The number of halogens is 2. The van der Waals surface area contributed by atoms with Crippen LogP contribution in [0.5, 0.6) is 5.75 Å². The van der Waals surface area contributed by atoms with Gasteiger partial charge in [0.1, 0.15) is 11.5 Å². The Hall–Kier alpha value is -3.28. The number of aliphatic hydroxyl groups excluding tert-OH is 1. The summed E-state index contributed by atoms with van der Waals surface area (Å²) in [6.07, 6.45) is 0.483. The smallest absolute Gasteiger partial charge is 0.295 e. The van der Waals surface area contributed by atoms with Crippen LogP contribution in [0.25, 0.3) is 5.76 Å². The molecule has 0 aromatic heterocycles. The second-order valence-electron chi connectivity index (χ2n) is 7.47. The van der Waals surface area contributed by atoms with Crippen molar-refractivity contribution in [2.45, 2.75) is 12.5 Å². The molecule has 0 bridgehead atoms. The quantitative estimate of drug-likeness (QED) is 0.300. The van der Waals surface area contributed by atoms with Crippen LogP contribution in [0.2, 0.25) is 10.0 Å². The minimum atomic E-state index is -0.853. The number of amides is 1. The summed E-state index contributed by atoms with van der Waals surface area (Å²) in [5.41, 5.74) is 1.75. The Balaban J connectivity index is 1.78. The molecule has 1 aliphatic rings. The minimum Gasteiger partial charge on any atom is -0.508 e. The number of carbonyl (C=O) groups is 2. The topological polar surface area (TPSA) is 77.8 Å². The number of likely N-dealkylation sites (tertiary alicyclic amines) is 1. The molecule has 1 atom stereocenters. The fraction of sp³-hybridized carbons (Fsp3) is 0.120. The average Bonchev–Trinajstić information content (AvgIpc) is 3.03. The van der Waals surface area contributed by atoms with Crippen molar-refractivity contribution < 1.29 is 19.8 Å². The summed E-state index contributed by atoms with van der Waals surface area (Å²) < 4.78 is 0. The molecule has 2 N–H and O–H groups in total. The van der Waals surface area contributed by atoms with Gasteiger partial charge in [0.05, 0.1) is 11.6 Å². The van der Waals surface area contributed by atoms with Crippen LogP contribution in [0.1, 0.15) is 22.7 Å². The zero-order valence-corrected chi connectivity index (χ0v) is 18.3. The van der Waals surface area contributed by atoms with E-state index in [1.54, 1.807) is 42.5 Å². The molecule has 0 saturated carbocycles. The first-order valence-corrected chi connectivity index (χ1v) is 10.7. The van der Waals surface area contributed by atoms with Crippen LogP contribution in [0.15, 0.2) is 78.4 Å². The van der Waals surface area contributed by atoms with Crippen LogP contribution in [-0.2, 0) is 16.0 Å². The van der Waals surface area contributed by atoms with Crippen molar-refractivity contribution in [2.75, 3.05) is 6.54 Å². The van der Waals surface area contributed by atoms with E-state index in [-0.39, 0.29) is 23.6 Å². The summed E-state index contributed by atoms with van der Waals surface area (Å²) >= 11 is 12.0. The number of phenolic OH excluding ortho intramolecular Hbond substituents is 1. The molecular weight excluding hydrogens is 449 g/mol. The number of ketones is 1. The molecule has 5 nitrogen and oxygen atoms in total. The molecule has 0 radical (unpaired) electrons. The molecule has 3 aromatic rings. The highest BCUT2D eigenvalue weighted by atomic mass is 35.5. The summed E-state index contributed by atoms with van der Waals surface area (Å²) in [7, 11) is 0. The highest BCUT2D eigenvalue weighted by molar-refractivity contribution is 6.46. The lowest BCUT2D eigenvalue weighted by molar-refractivity contribution is -0.139. The molecule has 0 spiro atoms. The summed E-state index contributed by atoms with van der Waals surface area (Å²) in [6.45, 7) is 0.235. The highest BCUT2D eigenvalue weighted by Gasteiger charge is 2.45. The lowest BCUT2D eigenvalue weighted by atomic mass is 9.95. The zero-order valence-electron chi connectivity index (χ0n) is 16.8. The number of aromatic hydroxyl groups is 1. The fourth-order valence-corrected chi connectivity index (χ4v) is 4.16. The third kappa shape index (κ3) is 4.35. The van der Waals surface area contributed by atoms with Crippen LogP contribution in [0.3, 0.4) is 0 Å². The number of benzene rings is 3. The van der Waals surface area contributed by atoms with Gasteiger partial charge in [-0.1, -0.05) is 59.6 Å². The van der Waals surface area contributed by atoms with E-state index in [0.29, 0.717) is 27.6 Å². The number of aliphatic hydroxyl groups is 1. The Labute approximate surface area is 195 Å². The fourth-order valence-electron chi connectivity index (χ4n) is 3.84. The van der Waals surface area contributed by atoms with E-state index in [2.05, 4.69) is 0 Å². The maximum atomic E-state index is 13.0. The minimum absolute atomic E-state index is 0.00598. The SMILES string of the molecule is O=C1C(=O)N(CCc2ccc(Cl)cc2)C(c2cccc(O)c2)/C1=C(/O)c1cccc(Cl)c1. The van der Waals surface area contributed by atoms with Crippen LogP contribution in [0.4, 0.5) is 0 Å². The highest BCUT2D eigenvalue weighted by Crippen LogP contribution is 2.40. The van der Waals surface area contributed by atoms with Gasteiger partial charge < -0.3 is 15.1 Å². The molecule has 1 saturated heterocycles. The van der Waals surface area contributed by atoms with Gasteiger partial charge in [-0.05, 0) is 53.9 Å². The number of carbonyl (C=O) groups excluding carboxylic acids is 2. The van der Waals surface area contributed by atoms with E-state index in [0.717, 1.165) is 5.56 Å². The Morgan fingerprint density at radius 1 is 0.906 bits per heavy atom. The van der Waals surface area contributed by atoms with E-state index in [4.69, 9.17) is 23.2 Å². The van der Waals surface area contributed by atoms with E-state index in [1.807, 2.05) is 12.1 Å². The lowest BCUT2D eigenvalue weighted by Gasteiger charge is -2.25. The number of phenols is 1. The normalized spacial score (nSPS) is 17.7. The van der Waals surface area contributed by atoms with E-state index in [1.165, 1.54) is 23.1 Å². The Bertz CT molecular complexity index is 1220. The van der Waals surface area contributed by atoms with Crippen LogP contribution < -0.4 is 0 Å². The molecule has 3 aromatic carbocycles. The molecule has 1 amide bonds. The van der Waals surface area contributed by atoms with Crippen LogP contribution in [0, 0.1) is 0 Å². The van der Waals surface area contributed by atoms with Crippen molar-refractivity contribution >= 4 is 40.7 Å². The molecular formula is C25H19Cl2NO4. The Morgan fingerprint density at radius 2 is 1.62 bits per heavy atom. The molecule has 1 aliphatic heterocycles. The van der Waals surface area contributed by atoms with Gasteiger partial charge in [-0.2, -0.15) is 0 Å². The second-order valence-corrected chi connectivity index (χ2v) is 8.35. The van der Waals surface area contributed by atoms with Crippen molar-refractivity contribution in [3.8, 4) is 5.75 Å². The second kappa shape index (κ2) is 9.07. The van der Waals surface area contributed by atoms with Crippen molar-refractivity contribution in [3.05, 3.63) is 105 Å². The maximum Gasteiger partial charge on any atom is 0.295 e. The monoisotopic (exact) mass is 467 g/mol. The molecule has 1 heterocycles. The molecule has 32 heavy (non-hydrogen) atoms. The van der Waals surface area contributed by atoms with Crippen molar-refractivity contribution in [2.24, 2.45) is 0 Å². The number of Topliss-reactive ketones (excluding diaryl/α,β-unsaturated/α-hetero) is 1. The van der Waals surface area contributed by atoms with Crippen molar-refractivity contribution in [1.29, 1.82) is 0 Å².